The van der Waals surface area contributed by atoms with Crippen LogP contribution in [0.25, 0.3) is 0 Å². The second kappa shape index (κ2) is 6.10. The number of nitrogens with one attached hydrogen (secondary N) is 2. The van der Waals surface area contributed by atoms with Crippen molar-refractivity contribution < 1.29 is 13.6 Å². The summed E-state index contributed by atoms with van der Waals surface area (Å²) in [5.74, 6) is -1.04. The summed E-state index contributed by atoms with van der Waals surface area (Å²) in [6, 6.07) is 3.91. The van der Waals surface area contributed by atoms with Gasteiger partial charge in [-0.05, 0) is 61.9 Å². The molecule has 1 amide bonds. The standard InChI is InChI=1S/C16H20F2N2O/c17-14-2-1-11(7-15(14)18)12-8-13(12)16(21)20-6-4-10-3-5-19-9-10/h1-2,7,10,12-13,19H,3-6,8-9H2,(H,20,21). The molecule has 1 aliphatic heterocycles. The number of rotatable bonds is 5. The van der Waals surface area contributed by atoms with Crippen LogP contribution in [0.15, 0.2) is 18.2 Å². The van der Waals surface area contributed by atoms with Crippen LogP contribution >= 0.6 is 0 Å². The first kappa shape index (κ1) is 14.4. The van der Waals surface area contributed by atoms with Crippen LogP contribution in [-0.4, -0.2) is 25.5 Å². The zero-order valence-electron chi connectivity index (χ0n) is 11.9. The highest BCUT2D eigenvalue weighted by Gasteiger charge is 2.44. The number of carbonyl (C=O) groups is 1. The third kappa shape index (κ3) is 3.40. The predicted molar refractivity (Wildman–Crippen MR) is 75.8 cm³/mol. The second-order valence-corrected chi connectivity index (χ2v) is 6.06. The quantitative estimate of drug-likeness (QED) is 0.874. The van der Waals surface area contributed by atoms with E-state index in [9.17, 15) is 13.6 Å². The number of halogens is 2. The molecule has 3 unspecified atom stereocenters. The Labute approximate surface area is 123 Å². The molecule has 3 rings (SSSR count). The van der Waals surface area contributed by atoms with Gasteiger partial charge in [-0.2, -0.15) is 0 Å². The zero-order valence-corrected chi connectivity index (χ0v) is 11.9. The lowest BCUT2D eigenvalue weighted by molar-refractivity contribution is -0.122. The molecule has 3 nitrogen and oxygen atoms in total. The molecule has 1 aromatic carbocycles. The number of hydrogen-bond donors (Lipinski definition) is 2. The first-order valence-electron chi connectivity index (χ1n) is 7.58. The molecule has 0 spiro atoms. The maximum Gasteiger partial charge on any atom is 0.223 e. The Balaban J connectivity index is 1.45. The molecule has 1 saturated carbocycles. The van der Waals surface area contributed by atoms with E-state index in [1.54, 1.807) is 6.07 Å². The Morgan fingerprint density at radius 1 is 1.33 bits per heavy atom. The van der Waals surface area contributed by atoms with E-state index in [2.05, 4.69) is 10.6 Å². The molecule has 2 fully saturated rings. The van der Waals surface area contributed by atoms with Gasteiger partial charge in [0.05, 0.1) is 0 Å². The van der Waals surface area contributed by atoms with Crippen LogP contribution in [0.2, 0.25) is 0 Å². The van der Waals surface area contributed by atoms with Crippen LogP contribution < -0.4 is 10.6 Å². The van der Waals surface area contributed by atoms with Crippen LogP contribution in [-0.2, 0) is 4.79 Å². The Morgan fingerprint density at radius 3 is 2.90 bits per heavy atom. The van der Waals surface area contributed by atoms with Crippen LogP contribution in [0.1, 0.15) is 30.7 Å². The molecular formula is C16H20F2N2O. The topological polar surface area (TPSA) is 41.1 Å². The SMILES string of the molecule is O=C(NCCC1CCNC1)C1CC1c1ccc(F)c(F)c1. The van der Waals surface area contributed by atoms with E-state index in [1.165, 1.54) is 12.5 Å². The fraction of sp³-hybridized carbons (Fsp3) is 0.562. The smallest absolute Gasteiger partial charge is 0.223 e. The van der Waals surface area contributed by atoms with Gasteiger partial charge in [-0.1, -0.05) is 6.07 Å². The molecule has 3 atom stereocenters. The molecule has 5 heteroatoms. The van der Waals surface area contributed by atoms with Crippen LogP contribution in [0.5, 0.6) is 0 Å². The van der Waals surface area contributed by atoms with Gasteiger partial charge in [0.2, 0.25) is 5.91 Å². The maximum atomic E-state index is 13.2. The average molecular weight is 294 g/mol. The summed E-state index contributed by atoms with van der Waals surface area (Å²) >= 11 is 0. The predicted octanol–water partition coefficient (Wildman–Crippen LogP) is 2.18. The minimum absolute atomic E-state index is 0.0354. The number of benzene rings is 1. The molecule has 2 N–H and O–H groups in total. The summed E-state index contributed by atoms with van der Waals surface area (Å²) < 4.78 is 26.1. The molecule has 1 aliphatic carbocycles. The van der Waals surface area contributed by atoms with Crippen molar-refractivity contribution in [2.75, 3.05) is 19.6 Å². The Kier molecular flexibility index (Phi) is 4.19. The van der Waals surface area contributed by atoms with Crippen molar-refractivity contribution in [3.05, 3.63) is 35.4 Å². The van der Waals surface area contributed by atoms with Crippen molar-refractivity contribution in [1.29, 1.82) is 0 Å². The largest absolute Gasteiger partial charge is 0.356 e. The zero-order chi connectivity index (χ0) is 14.8. The molecule has 21 heavy (non-hydrogen) atoms. The molecule has 0 aromatic heterocycles. The van der Waals surface area contributed by atoms with Gasteiger partial charge in [-0.25, -0.2) is 8.78 Å². The lowest BCUT2D eigenvalue weighted by Crippen LogP contribution is -2.28. The van der Waals surface area contributed by atoms with Gasteiger partial charge >= 0.3 is 0 Å². The highest BCUT2D eigenvalue weighted by atomic mass is 19.2. The highest BCUT2D eigenvalue weighted by molar-refractivity contribution is 5.82. The van der Waals surface area contributed by atoms with Crippen LogP contribution in [0.3, 0.4) is 0 Å². The Morgan fingerprint density at radius 2 is 2.19 bits per heavy atom. The van der Waals surface area contributed by atoms with Gasteiger partial charge in [-0.3, -0.25) is 4.79 Å². The van der Waals surface area contributed by atoms with E-state index in [1.807, 2.05) is 0 Å². The van der Waals surface area contributed by atoms with Gasteiger partial charge in [0.1, 0.15) is 0 Å². The fourth-order valence-corrected chi connectivity index (χ4v) is 3.09. The van der Waals surface area contributed by atoms with Crippen molar-refractivity contribution in [3.63, 3.8) is 0 Å². The second-order valence-electron chi connectivity index (χ2n) is 6.06. The van der Waals surface area contributed by atoms with E-state index in [4.69, 9.17) is 0 Å². The average Bonchev–Trinajstić information content (AvgIpc) is 3.11. The summed E-state index contributed by atoms with van der Waals surface area (Å²) in [7, 11) is 0. The fourth-order valence-electron chi connectivity index (χ4n) is 3.09. The first-order chi connectivity index (χ1) is 10.1. The van der Waals surface area contributed by atoms with Gasteiger partial charge in [0.15, 0.2) is 11.6 Å². The summed E-state index contributed by atoms with van der Waals surface area (Å²) in [6.07, 6.45) is 2.90. The Bertz CT molecular complexity index is 529. The maximum absolute atomic E-state index is 13.2. The van der Waals surface area contributed by atoms with Crippen molar-refractivity contribution in [3.8, 4) is 0 Å². The Hall–Kier alpha value is -1.49. The minimum Gasteiger partial charge on any atom is -0.356 e. The highest BCUT2D eigenvalue weighted by Crippen LogP contribution is 2.47. The lowest BCUT2D eigenvalue weighted by Gasteiger charge is -2.09. The molecular weight excluding hydrogens is 274 g/mol. The third-order valence-electron chi connectivity index (χ3n) is 4.51. The summed E-state index contributed by atoms with van der Waals surface area (Å²) in [4.78, 5) is 12.0. The molecule has 0 bridgehead atoms. The monoisotopic (exact) mass is 294 g/mol. The normalized spacial score (nSPS) is 27.6. The van der Waals surface area contributed by atoms with E-state index < -0.39 is 11.6 Å². The van der Waals surface area contributed by atoms with Crippen LogP contribution in [0.4, 0.5) is 8.78 Å². The van der Waals surface area contributed by atoms with E-state index >= 15 is 0 Å². The summed E-state index contributed by atoms with van der Waals surface area (Å²) in [6.45, 7) is 2.81. The summed E-state index contributed by atoms with van der Waals surface area (Å²) in [5, 5.41) is 6.27. The molecule has 1 aromatic rings. The van der Waals surface area contributed by atoms with Crippen molar-refractivity contribution >= 4 is 5.91 Å². The molecule has 1 heterocycles. The lowest BCUT2D eigenvalue weighted by atomic mass is 10.1. The number of amides is 1. The van der Waals surface area contributed by atoms with Gasteiger partial charge < -0.3 is 10.6 Å². The van der Waals surface area contributed by atoms with E-state index in [-0.39, 0.29) is 17.7 Å². The van der Waals surface area contributed by atoms with E-state index in [0.29, 0.717) is 18.0 Å². The van der Waals surface area contributed by atoms with Crippen LogP contribution in [0, 0.1) is 23.5 Å². The van der Waals surface area contributed by atoms with Gasteiger partial charge in [-0.15, -0.1) is 0 Å². The van der Waals surface area contributed by atoms with Gasteiger partial charge in [0.25, 0.3) is 0 Å². The molecule has 0 radical (unpaired) electrons. The van der Waals surface area contributed by atoms with Gasteiger partial charge in [0, 0.05) is 12.5 Å². The first-order valence-corrected chi connectivity index (χ1v) is 7.58. The molecule has 2 aliphatic rings. The number of hydrogen-bond acceptors (Lipinski definition) is 2. The number of carbonyl (C=O) groups excluding carboxylic acids is 1. The molecule has 114 valence electrons. The molecule has 1 saturated heterocycles. The summed E-state index contributed by atoms with van der Waals surface area (Å²) in [5.41, 5.74) is 0.717. The van der Waals surface area contributed by atoms with Crippen molar-refractivity contribution in [2.45, 2.75) is 25.2 Å². The van der Waals surface area contributed by atoms with E-state index in [0.717, 1.165) is 32.0 Å². The van der Waals surface area contributed by atoms with Crippen molar-refractivity contribution in [1.82, 2.24) is 10.6 Å². The third-order valence-corrected chi connectivity index (χ3v) is 4.51. The minimum atomic E-state index is -0.842. The van der Waals surface area contributed by atoms with Crippen molar-refractivity contribution in [2.24, 2.45) is 11.8 Å².